The van der Waals surface area contributed by atoms with Crippen LogP contribution in [0.3, 0.4) is 0 Å². The molecule has 2 aromatic rings. The van der Waals surface area contributed by atoms with Crippen LogP contribution >= 0.6 is 11.3 Å². The Bertz CT molecular complexity index is 587. The zero-order valence-electron chi connectivity index (χ0n) is 12.1. The predicted octanol–water partition coefficient (Wildman–Crippen LogP) is 3.44. The molecule has 0 spiro atoms. The zero-order chi connectivity index (χ0) is 14.7. The van der Waals surface area contributed by atoms with Gasteiger partial charge in [-0.25, -0.2) is 4.79 Å². The molecule has 1 saturated heterocycles. The van der Waals surface area contributed by atoms with Crippen molar-refractivity contribution in [2.24, 2.45) is 0 Å². The van der Waals surface area contributed by atoms with E-state index in [4.69, 9.17) is 4.74 Å². The van der Waals surface area contributed by atoms with Crippen LogP contribution < -0.4 is 10.6 Å². The van der Waals surface area contributed by atoms with Gasteiger partial charge in [0.15, 0.2) is 0 Å². The van der Waals surface area contributed by atoms with Crippen molar-refractivity contribution in [2.45, 2.75) is 31.8 Å². The van der Waals surface area contributed by atoms with Gasteiger partial charge in [-0.15, -0.1) is 11.3 Å². The number of nitrogens with one attached hydrogen (secondary N) is 2. The van der Waals surface area contributed by atoms with Crippen molar-refractivity contribution in [3.8, 4) is 0 Å². The first kappa shape index (κ1) is 14.4. The van der Waals surface area contributed by atoms with Crippen molar-refractivity contribution in [2.75, 3.05) is 13.2 Å². The Labute approximate surface area is 128 Å². The second kappa shape index (κ2) is 6.45. The van der Waals surface area contributed by atoms with Gasteiger partial charge >= 0.3 is 6.03 Å². The molecule has 1 aliphatic rings. The average Bonchev–Trinajstić information content (AvgIpc) is 2.92. The number of carbonyl (C=O) groups is 1. The monoisotopic (exact) mass is 304 g/mol. The summed E-state index contributed by atoms with van der Waals surface area (Å²) in [6.45, 7) is 3.49. The second-order valence-corrected chi connectivity index (χ2v) is 6.53. The van der Waals surface area contributed by atoms with E-state index in [1.807, 2.05) is 19.1 Å². The first-order valence-electron chi connectivity index (χ1n) is 7.35. The van der Waals surface area contributed by atoms with Crippen LogP contribution in [-0.2, 0) is 4.74 Å². The summed E-state index contributed by atoms with van der Waals surface area (Å²) in [5, 5.41) is 7.28. The maximum Gasteiger partial charge on any atom is 0.315 e. The van der Waals surface area contributed by atoms with E-state index in [0.29, 0.717) is 0 Å². The van der Waals surface area contributed by atoms with Gasteiger partial charge in [0.05, 0.1) is 6.04 Å². The highest BCUT2D eigenvalue weighted by molar-refractivity contribution is 7.19. The molecule has 112 valence electrons. The van der Waals surface area contributed by atoms with Crippen LogP contribution in [0.25, 0.3) is 10.1 Å². The molecule has 1 atom stereocenters. The summed E-state index contributed by atoms with van der Waals surface area (Å²) in [7, 11) is 0. The Morgan fingerprint density at radius 3 is 2.86 bits per heavy atom. The minimum Gasteiger partial charge on any atom is -0.381 e. The number of thiophene rings is 1. The maximum absolute atomic E-state index is 12.1. The lowest BCUT2D eigenvalue weighted by atomic mass is 10.1. The van der Waals surface area contributed by atoms with E-state index >= 15 is 0 Å². The number of carbonyl (C=O) groups excluding carboxylic acids is 1. The zero-order valence-corrected chi connectivity index (χ0v) is 12.9. The van der Waals surface area contributed by atoms with E-state index in [0.717, 1.165) is 26.1 Å². The lowest BCUT2D eigenvalue weighted by Gasteiger charge is -2.24. The molecule has 0 saturated carbocycles. The van der Waals surface area contributed by atoms with E-state index in [2.05, 4.69) is 28.8 Å². The third-order valence-corrected chi connectivity index (χ3v) is 5.07. The molecule has 1 fully saturated rings. The van der Waals surface area contributed by atoms with E-state index in [9.17, 15) is 4.79 Å². The molecule has 0 radical (unpaired) electrons. The van der Waals surface area contributed by atoms with Gasteiger partial charge in [0.25, 0.3) is 0 Å². The standard InChI is InChI=1S/C16H20N2O2S/c1-11(15-10-12-4-2-3-5-14(12)21-15)17-16(19)18-13-6-8-20-9-7-13/h2-5,10-11,13H,6-9H2,1H3,(H2,17,18,19). The van der Waals surface area contributed by atoms with Crippen molar-refractivity contribution >= 4 is 27.5 Å². The molecule has 1 aliphatic heterocycles. The first-order chi connectivity index (χ1) is 10.2. The summed E-state index contributed by atoms with van der Waals surface area (Å²) >= 11 is 1.73. The molecule has 3 rings (SSSR count). The molecule has 1 aromatic heterocycles. The first-order valence-corrected chi connectivity index (χ1v) is 8.17. The van der Waals surface area contributed by atoms with Gasteiger partial charge in [0.2, 0.25) is 0 Å². The van der Waals surface area contributed by atoms with Gasteiger partial charge in [-0.2, -0.15) is 0 Å². The third-order valence-electron chi connectivity index (χ3n) is 3.78. The molecule has 4 nitrogen and oxygen atoms in total. The number of hydrogen-bond acceptors (Lipinski definition) is 3. The van der Waals surface area contributed by atoms with E-state index in [1.54, 1.807) is 11.3 Å². The van der Waals surface area contributed by atoms with E-state index in [-0.39, 0.29) is 18.1 Å². The van der Waals surface area contributed by atoms with Crippen LogP contribution in [0.5, 0.6) is 0 Å². The van der Waals surface area contributed by atoms with Crippen LogP contribution in [0.15, 0.2) is 30.3 Å². The number of amides is 2. The SMILES string of the molecule is CC(NC(=O)NC1CCOCC1)c1cc2ccccc2s1. The summed E-state index contributed by atoms with van der Waals surface area (Å²) in [5.74, 6) is 0. The van der Waals surface area contributed by atoms with E-state index in [1.165, 1.54) is 15.0 Å². The normalized spacial score (nSPS) is 17.6. The third kappa shape index (κ3) is 3.54. The summed E-state index contributed by atoms with van der Waals surface area (Å²) in [5.41, 5.74) is 0. The maximum atomic E-state index is 12.1. The number of ether oxygens (including phenoxy) is 1. The topological polar surface area (TPSA) is 50.4 Å². The molecular formula is C16H20N2O2S. The summed E-state index contributed by atoms with van der Waals surface area (Å²) in [4.78, 5) is 13.2. The molecule has 2 heterocycles. The molecule has 1 aromatic carbocycles. The quantitative estimate of drug-likeness (QED) is 0.912. The molecule has 0 aliphatic carbocycles. The van der Waals surface area contributed by atoms with E-state index < -0.39 is 0 Å². The fourth-order valence-electron chi connectivity index (χ4n) is 2.55. The van der Waals surface area contributed by atoms with Crippen molar-refractivity contribution in [1.29, 1.82) is 0 Å². The minimum atomic E-state index is -0.0909. The van der Waals surface area contributed by atoms with Gasteiger partial charge in [0.1, 0.15) is 0 Å². The summed E-state index contributed by atoms with van der Waals surface area (Å²) < 4.78 is 6.55. The molecule has 2 N–H and O–H groups in total. The van der Waals surface area contributed by atoms with Crippen molar-refractivity contribution in [3.63, 3.8) is 0 Å². The number of fused-ring (bicyclic) bond motifs is 1. The molecule has 0 bridgehead atoms. The molecule has 1 unspecified atom stereocenters. The Hall–Kier alpha value is -1.59. The Morgan fingerprint density at radius 2 is 2.10 bits per heavy atom. The Balaban J connectivity index is 1.59. The van der Waals surface area contributed by atoms with Crippen LogP contribution in [0.2, 0.25) is 0 Å². The Morgan fingerprint density at radius 1 is 1.33 bits per heavy atom. The minimum absolute atomic E-state index is 0.0160. The van der Waals surface area contributed by atoms with Gasteiger partial charge < -0.3 is 15.4 Å². The largest absolute Gasteiger partial charge is 0.381 e. The van der Waals surface area contributed by atoms with Crippen molar-refractivity contribution in [1.82, 2.24) is 10.6 Å². The molecule has 2 amide bonds. The highest BCUT2D eigenvalue weighted by Gasteiger charge is 2.18. The molecule has 5 heteroatoms. The summed E-state index contributed by atoms with van der Waals surface area (Å²) in [6, 6.07) is 10.6. The molecular weight excluding hydrogens is 284 g/mol. The van der Waals surface area contributed by atoms with Crippen LogP contribution in [0, 0.1) is 0 Å². The Kier molecular flexibility index (Phi) is 4.41. The lowest BCUT2D eigenvalue weighted by molar-refractivity contribution is 0.0800. The fraction of sp³-hybridized carbons (Fsp3) is 0.438. The van der Waals surface area contributed by atoms with Gasteiger partial charge in [-0.05, 0) is 37.3 Å². The second-order valence-electron chi connectivity index (χ2n) is 5.41. The summed E-state index contributed by atoms with van der Waals surface area (Å²) in [6.07, 6.45) is 1.79. The highest BCUT2D eigenvalue weighted by atomic mass is 32.1. The number of hydrogen-bond donors (Lipinski definition) is 2. The molecule has 21 heavy (non-hydrogen) atoms. The van der Waals surface area contributed by atoms with Crippen LogP contribution in [0.1, 0.15) is 30.7 Å². The van der Waals surface area contributed by atoms with Gasteiger partial charge in [-0.1, -0.05) is 18.2 Å². The van der Waals surface area contributed by atoms with Gasteiger partial charge in [-0.3, -0.25) is 0 Å². The predicted molar refractivity (Wildman–Crippen MR) is 85.7 cm³/mol. The number of urea groups is 1. The fourth-order valence-corrected chi connectivity index (χ4v) is 3.62. The van der Waals surface area contributed by atoms with Crippen molar-refractivity contribution < 1.29 is 9.53 Å². The van der Waals surface area contributed by atoms with Crippen LogP contribution in [0.4, 0.5) is 4.79 Å². The van der Waals surface area contributed by atoms with Crippen LogP contribution in [-0.4, -0.2) is 25.3 Å². The lowest BCUT2D eigenvalue weighted by Crippen LogP contribution is -2.45. The average molecular weight is 304 g/mol. The number of rotatable bonds is 3. The smallest absolute Gasteiger partial charge is 0.315 e. The van der Waals surface area contributed by atoms with Gasteiger partial charge in [0, 0.05) is 28.8 Å². The van der Waals surface area contributed by atoms with Crippen molar-refractivity contribution in [3.05, 3.63) is 35.2 Å². The highest BCUT2D eigenvalue weighted by Crippen LogP contribution is 2.29. The number of benzene rings is 1.